The minimum absolute atomic E-state index is 0.238. The molecule has 0 unspecified atom stereocenters. The van der Waals surface area contributed by atoms with Crippen LogP contribution in [0.1, 0.15) is 0 Å². The van der Waals surface area contributed by atoms with Gasteiger partial charge < -0.3 is 9.15 Å². The van der Waals surface area contributed by atoms with E-state index in [9.17, 15) is 13.2 Å². The van der Waals surface area contributed by atoms with Gasteiger partial charge in [-0.15, -0.1) is 0 Å². The number of para-hydroxylation sites is 2. The van der Waals surface area contributed by atoms with Gasteiger partial charge in [-0.2, -0.15) is 0 Å². The van der Waals surface area contributed by atoms with Crippen molar-refractivity contribution in [2.45, 2.75) is 11.4 Å². The number of fused-ring (bicyclic) bond motifs is 1. The van der Waals surface area contributed by atoms with E-state index < -0.39 is 15.6 Å². The summed E-state index contributed by atoms with van der Waals surface area (Å²) in [5.41, 5.74) is 1.25. The van der Waals surface area contributed by atoms with Crippen molar-refractivity contribution in [3.8, 4) is 5.75 Å². The van der Waals surface area contributed by atoms with Crippen LogP contribution in [0.3, 0.4) is 0 Å². The van der Waals surface area contributed by atoms with Crippen LogP contribution >= 0.6 is 0 Å². The fourth-order valence-electron chi connectivity index (χ4n) is 2.26. The second-order valence-corrected chi connectivity index (χ2v) is 7.10. The molecule has 0 aliphatic rings. The van der Waals surface area contributed by atoms with Crippen molar-refractivity contribution in [1.29, 1.82) is 0 Å². The summed E-state index contributed by atoms with van der Waals surface area (Å²) in [4.78, 5) is 12.0. The van der Waals surface area contributed by atoms with Gasteiger partial charge in [-0.1, -0.05) is 12.1 Å². The van der Waals surface area contributed by atoms with Gasteiger partial charge in [-0.05, 0) is 36.4 Å². The van der Waals surface area contributed by atoms with Crippen LogP contribution in [0.5, 0.6) is 5.75 Å². The number of sulfone groups is 1. The van der Waals surface area contributed by atoms with Gasteiger partial charge in [0.15, 0.2) is 15.4 Å². The van der Waals surface area contributed by atoms with Crippen LogP contribution in [0.25, 0.3) is 11.1 Å². The van der Waals surface area contributed by atoms with Crippen molar-refractivity contribution in [3.05, 3.63) is 59.1 Å². The smallest absolute Gasteiger partial charge is 0.420 e. The molecule has 1 aromatic heterocycles. The Morgan fingerprint density at radius 3 is 2.48 bits per heavy atom. The largest absolute Gasteiger partial charge is 0.492 e. The molecule has 0 spiro atoms. The van der Waals surface area contributed by atoms with Gasteiger partial charge in [-0.25, -0.2) is 13.2 Å². The van der Waals surface area contributed by atoms with Gasteiger partial charge in [0.05, 0.1) is 17.0 Å². The number of aromatic nitrogens is 1. The highest BCUT2D eigenvalue weighted by atomic mass is 32.2. The predicted octanol–water partition coefficient (Wildman–Crippen LogP) is 2.08. The molecular weight excluding hydrogens is 318 g/mol. The third-order valence-corrected chi connectivity index (χ3v) is 4.54. The van der Waals surface area contributed by atoms with Crippen molar-refractivity contribution in [3.63, 3.8) is 0 Å². The molecule has 3 rings (SSSR count). The lowest BCUT2D eigenvalue weighted by Crippen LogP contribution is -2.18. The molecule has 0 N–H and O–H groups in total. The number of benzene rings is 2. The number of rotatable bonds is 5. The molecule has 7 heteroatoms. The minimum Gasteiger partial charge on any atom is -0.492 e. The van der Waals surface area contributed by atoms with E-state index in [1.165, 1.54) is 16.7 Å². The van der Waals surface area contributed by atoms with Gasteiger partial charge >= 0.3 is 5.76 Å². The van der Waals surface area contributed by atoms with Crippen molar-refractivity contribution in [1.82, 2.24) is 4.57 Å². The Balaban J connectivity index is 1.69. The van der Waals surface area contributed by atoms with E-state index in [1.54, 1.807) is 30.3 Å². The van der Waals surface area contributed by atoms with Crippen LogP contribution in [-0.4, -0.2) is 25.8 Å². The van der Waals surface area contributed by atoms with E-state index in [-0.39, 0.29) is 11.5 Å². The Kier molecular flexibility index (Phi) is 3.96. The monoisotopic (exact) mass is 333 g/mol. The second kappa shape index (κ2) is 5.92. The molecule has 6 nitrogen and oxygen atoms in total. The number of nitrogens with zero attached hydrogens (tertiary/aromatic N) is 1. The Labute approximate surface area is 132 Å². The first-order valence-corrected chi connectivity index (χ1v) is 8.85. The first kappa shape index (κ1) is 15.4. The molecule has 0 bridgehead atoms. The fraction of sp³-hybridized carbons (Fsp3) is 0.188. The molecule has 23 heavy (non-hydrogen) atoms. The van der Waals surface area contributed by atoms with Crippen LogP contribution < -0.4 is 10.5 Å². The molecule has 0 aliphatic heterocycles. The van der Waals surface area contributed by atoms with Crippen LogP contribution in [0.4, 0.5) is 0 Å². The molecule has 120 valence electrons. The fourth-order valence-corrected chi connectivity index (χ4v) is 2.89. The van der Waals surface area contributed by atoms with E-state index in [2.05, 4.69) is 0 Å². The molecule has 0 radical (unpaired) electrons. The van der Waals surface area contributed by atoms with Gasteiger partial charge in [-0.3, -0.25) is 4.57 Å². The molecular formula is C16H15NO5S. The van der Waals surface area contributed by atoms with E-state index in [1.807, 2.05) is 6.07 Å². The maximum atomic E-state index is 11.8. The summed E-state index contributed by atoms with van der Waals surface area (Å²) >= 11 is 0. The molecule has 0 aliphatic carbocycles. The highest BCUT2D eigenvalue weighted by Crippen LogP contribution is 2.16. The zero-order valence-corrected chi connectivity index (χ0v) is 13.2. The summed E-state index contributed by atoms with van der Waals surface area (Å²) in [6.07, 6.45) is 1.15. The van der Waals surface area contributed by atoms with Gasteiger partial charge in [0.25, 0.3) is 0 Å². The molecule has 3 aromatic rings. The Morgan fingerprint density at radius 1 is 1.09 bits per heavy atom. The third kappa shape index (κ3) is 3.29. The van der Waals surface area contributed by atoms with Gasteiger partial charge in [0, 0.05) is 6.26 Å². The van der Waals surface area contributed by atoms with Crippen LogP contribution in [0, 0.1) is 0 Å². The van der Waals surface area contributed by atoms with Gasteiger partial charge in [0.1, 0.15) is 12.4 Å². The average Bonchev–Trinajstić information content (AvgIpc) is 2.83. The van der Waals surface area contributed by atoms with Crippen molar-refractivity contribution in [2.75, 3.05) is 12.9 Å². The lowest BCUT2D eigenvalue weighted by atomic mass is 10.3. The van der Waals surface area contributed by atoms with Crippen molar-refractivity contribution in [2.24, 2.45) is 0 Å². The van der Waals surface area contributed by atoms with E-state index in [4.69, 9.17) is 9.15 Å². The maximum absolute atomic E-state index is 11.8. The molecule has 0 amide bonds. The molecule has 2 aromatic carbocycles. The first-order valence-electron chi connectivity index (χ1n) is 6.96. The van der Waals surface area contributed by atoms with Crippen LogP contribution in [0.2, 0.25) is 0 Å². The first-order chi connectivity index (χ1) is 10.9. The topological polar surface area (TPSA) is 78.5 Å². The second-order valence-electron chi connectivity index (χ2n) is 5.08. The standard InChI is InChI=1S/C16H15NO5S/c1-23(19,20)13-8-6-12(7-9-13)21-11-10-17-14-4-2-3-5-15(14)22-16(17)18/h2-9H,10-11H2,1H3. The highest BCUT2D eigenvalue weighted by molar-refractivity contribution is 7.90. The predicted molar refractivity (Wildman–Crippen MR) is 85.5 cm³/mol. The Morgan fingerprint density at radius 2 is 1.78 bits per heavy atom. The van der Waals surface area contributed by atoms with Gasteiger partial charge in [0.2, 0.25) is 0 Å². The average molecular weight is 333 g/mol. The molecule has 1 heterocycles. The number of ether oxygens (including phenoxy) is 1. The SMILES string of the molecule is CS(=O)(=O)c1ccc(OCCn2c(=O)oc3ccccc32)cc1. The summed E-state index contributed by atoms with van der Waals surface area (Å²) in [5, 5.41) is 0. The number of hydrogen-bond acceptors (Lipinski definition) is 5. The Bertz CT molecular complexity index is 983. The highest BCUT2D eigenvalue weighted by Gasteiger charge is 2.09. The minimum atomic E-state index is -3.22. The van der Waals surface area contributed by atoms with Crippen molar-refractivity contribution < 1.29 is 17.6 Å². The third-order valence-electron chi connectivity index (χ3n) is 3.41. The zero-order valence-electron chi connectivity index (χ0n) is 12.4. The number of hydrogen-bond donors (Lipinski definition) is 0. The maximum Gasteiger partial charge on any atom is 0.420 e. The lowest BCUT2D eigenvalue weighted by Gasteiger charge is -2.07. The van der Waals surface area contributed by atoms with Crippen molar-refractivity contribution >= 4 is 20.9 Å². The summed E-state index contributed by atoms with van der Waals surface area (Å²) in [5.74, 6) is 0.112. The van der Waals surface area contributed by atoms with Crippen LogP contribution in [-0.2, 0) is 16.4 Å². The lowest BCUT2D eigenvalue weighted by molar-refractivity contribution is 0.294. The summed E-state index contributed by atoms with van der Waals surface area (Å²) in [7, 11) is -3.22. The molecule has 0 atom stereocenters. The summed E-state index contributed by atoms with van der Waals surface area (Å²) in [6, 6.07) is 13.3. The molecule has 0 saturated carbocycles. The molecule has 0 fully saturated rings. The van der Waals surface area contributed by atoms with E-state index >= 15 is 0 Å². The molecule has 0 saturated heterocycles. The summed E-state index contributed by atoms with van der Waals surface area (Å²) in [6.45, 7) is 0.603. The quantitative estimate of drug-likeness (QED) is 0.714. The normalized spacial score (nSPS) is 11.7. The van der Waals surface area contributed by atoms with Crippen LogP contribution in [0.15, 0.2) is 62.6 Å². The number of oxazole rings is 1. The van der Waals surface area contributed by atoms with E-state index in [0.717, 1.165) is 6.26 Å². The Hall–Kier alpha value is -2.54. The summed E-state index contributed by atoms with van der Waals surface area (Å²) < 4.78 is 35.0. The zero-order chi connectivity index (χ0) is 16.4. The van der Waals surface area contributed by atoms with E-state index in [0.29, 0.717) is 23.4 Å².